The van der Waals surface area contributed by atoms with Gasteiger partial charge in [0.25, 0.3) is 0 Å². The lowest BCUT2D eigenvalue weighted by atomic mass is 10.1. The van der Waals surface area contributed by atoms with Crippen LogP contribution < -0.4 is 15.2 Å². The van der Waals surface area contributed by atoms with Gasteiger partial charge in [-0.1, -0.05) is 25.1 Å². The molecule has 21 heavy (non-hydrogen) atoms. The molecule has 0 atom stereocenters. The minimum Gasteiger partial charge on any atom is -0.496 e. The third-order valence-electron chi connectivity index (χ3n) is 3.29. The Bertz CT molecular complexity index is 621. The van der Waals surface area contributed by atoms with Gasteiger partial charge in [-0.25, -0.2) is 0 Å². The van der Waals surface area contributed by atoms with Gasteiger partial charge < -0.3 is 15.2 Å². The van der Waals surface area contributed by atoms with Crippen molar-refractivity contribution in [1.82, 2.24) is 0 Å². The third kappa shape index (κ3) is 3.75. The van der Waals surface area contributed by atoms with E-state index in [-0.39, 0.29) is 5.84 Å². The van der Waals surface area contributed by atoms with E-state index in [4.69, 9.17) is 20.6 Å². The van der Waals surface area contributed by atoms with Crippen molar-refractivity contribution in [3.05, 3.63) is 59.2 Å². The Morgan fingerprint density at radius 2 is 1.76 bits per heavy atom. The number of rotatable bonds is 6. The fourth-order valence-corrected chi connectivity index (χ4v) is 2.04. The van der Waals surface area contributed by atoms with E-state index < -0.39 is 0 Å². The third-order valence-corrected chi connectivity index (χ3v) is 3.29. The summed E-state index contributed by atoms with van der Waals surface area (Å²) >= 11 is 0. The summed E-state index contributed by atoms with van der Waals surface area (Å²) in [5.41, 5.74) is 8.35. The van der Waals surface area contributed by atoms with Crippen molar-refractivity contribution in [2.24, 2.45) is 5.73 Å². The number of benzene rings is 2. The standard InChI is InChI=1S/C17H20N2O2/c1-3-12-4-7-14(8-5-12)21-11-13-6-9-15(17(18)19)16(10-13)20-2/h4-10H,3,11H2,1-2H3,(H3,18,19). The maximum absolute atomic E-state index is 7.49. The largest absolute Gasteiger partial charge is 0.496 e. The maximum atomic E-state index is 7.49. The van der Waals surface area contributed by atoms with E-state index in [0.717, 1.165) is 17.7 Å². The molecule has 110 valence electrons. The molecule has 0 amide bonds. The zero-order valence-electron chi connectivity index (χ0n) is 12.3. The first kappa shape index (κ1) is 14.9. The lowest BCUT2D eigenvalue weighted by Gasteiger charge is -2.11. The smallest absolute Gasteiger partial charge is 0.130 e. The van der Waals surface area contributed by atoms with Crippen molar-refractivity contribution in [1.29, 1.82) is 5.41 Å². The Kier molecular flexibility index (Phi) is 4.82. The average molecular weight is 284 g/mol. The van der Waals surface area contributed by atoms with Crippen LogP contribution in [0.2, 0.25) is 0 Å². The fourth-order valence-electron chi connectivity index (χ4n) is 2.04. The molecule has 0 bridgehead atoms. The van der Waals surface area contributed by atoms with Crippen molar-refractivity contribution in [2.45, 2.75) is 20.0 Å². The molecule has 0 saturated heterocycles. The van der Waals surface area contributed by atoms with E-state index in [2.05, 4.69) is 19.1 Å². The minimum atomic E-state index is -0.00512. The molecule has 0 radical (unpaired) electrons. The average Bonchev–Trinajstić information content (AvgIpc) is 2.52. The van der Waals surface area contributed by atoms with Crippen molar-refractivity contribution < 1.29 is 9.47 Å². The van der Waals surface area contributed by atoms with Crippen LogP contribution in [0.1, 0.15) is 23.6 Å². The van der Waals surface area contributed by atoms with Gasteiger partial charge in [0.2, 0.25) is 0 Å². The quantitative estimate of drug-likeness (QED) is 0.632. The second-order valence-electron chi connectivity index (χ2n) is 4.73. The maximum Gasteiger partial charge on any atom is 0.130 e. The monoisotopic (exact) mass is 284 g/mol. The van der Waals surface area contributed by atoms with E-state index in [1.54, 1.807) is 13.2 Å². The number of hydrogen-bond donors (Lipinski definition) is 2. The molecule has 0 heterocycles. The Morgan fingerprint density at radius 1 is 1.10 bits per heavy atom. The second kappa shape index (κ2) is 6.79. The highest BCUT2D eigenvalue weighted by molar-refractivity contribution is 5.97. The summed E-state index contributed by atoms with van der Waals surface area (Å²) in [5, 5.41) is 7.49. The summed E-state index contributed by atoms with van der Waals surface area (Å²) in [6, 6.07) is 13.6. The van der Waals surface area contributed by atoms with Gasteiger partial charge in [0.1, 0.15) is 23.9 Å². The first-order chi connectivity index (χ1) is 10.1. The zero-order chi connectivity index (χ0) is 15.2. The highest BCUT2D eigenvalue weighted by atomic mass is 16.5. The number of methoxy groups -OCH3 is 1. The van der Waals surface area contributed by atoms with E-state index in [1.807, 2.05) is 24.3 Å². The van der Waals surface area contributed by atoms with Crippen molar-refractivity contribution in [2.75, 3.05) is 7.11 Å². The van der Waals surface area contributed by atoms with E-state index in [0.29, 0.717) is 17.9 Å². The molecule has 4 heteroatoms. The molecule has 0 spiro atoms. The first-order valence-corrected chi connectivity index (χ1v) is 6.87. The molecule has 4 nitrogen and oxygen atoms in total. The van der Waals surface area contributed by atoms with Crippen LogP contribution in [0.3, 0.4) is 0 Å². The summed E-state index contributed by atoms with van der Waals surface area (Å²) in [6.45, 7) is 2.57. The van der Waals surface area contributed by atoms with E-state index in [1.165, 1.54) is 5.56 Å². The summed E-state index contributed by atoms with van der Waals surface area (Å²) in [4.78, 5) is 0. The lowest BCUT2D eigenvalue weighted by molar-refractivity contribution is 0.305. The predicted octanol–water partition coefficient (Wildman–Crippen LogP) is 3.12. The molecule has 3 N–H and O–H groups in total. The Balaban J connectivity index is 2.07. The van der Waals surface area contributed by atoms with Crippen LogP contribution in [0, 0.1) is 5.41 Å². The normalized spacial score (nSPS) is 10.2. The van der Waals surface area contributed by atoms with Crippen molar-refractivity contribution in [3.63, 3.8) is 0 Å². The Labute approximate surface area is 125 Å². The summed E-state index contributed by atoms with van der Waals surface area (Å²) < 4.78 is 11.0. The Hall–Kier alpha value is -2.49. The molecule has 0 aliphatic heterocycles. The second-order valence-corrected chi connectivity index (χ2v) is 4.73. The van der Waals surface area contributed by atoms with Crippen LogP contribution in [0.25, 0.3) is 0 Å². The number of hydrogen-bond acceptors (Lipinski definition) is 3. The van der Waals surface area contributed by atoms with Crippen LogP contribution in [-0.2, 0) is 13.0 Å². The topological polar surface area (TPSA) is 68.3 Å². The van der Waals surface area contributed by atoms with Gasteiger partial charge in [-0.15, -0.1) is 0 Å². The van der Waals surface area contributed by atoms with E-state index >= 15 is 0 Å². The number of aryl methyl sites for hydroxylation is 1. The number of amidine groups is 1. The van der Waals surface area contributed by atoms with Gasteiger partial charge in [0, 0.05) is 0 Å². The number of nitrogens with two attached hydrogens (primary N) is 1. The van der Waals surface area contributed by atoms with Gasteiger partial charge in [0.15, 0.2) is 0 Å². The van der Waals surface area contributed by atoms with Gasteiger partial charge in [0.05, 0.1) is 12.7 Å². The summed E-state index contributed by atoms with van der Waals surface area (Å²) in [6.07, 6.45) is 1.02. The highest BCUT2D eigenvalue weighted by Gasteiger charge is 2.07. The number of ether oxygens (including phenoxy) is 2. The van der Waals surface area contributed by atoms with Crippen LogP contribution in [0.15, 0.2) is 42.5 Å². The van der Waals surface area contributed by atoms with Gasteiger partial charge >= 0.3 is 0 Å². The van der Waals surface area contributed by atoms with E-state index in [9.17, 15) is 0 Å². The minimum absolute atomic E-state index is 0.00512. The molecule has 2 rings (SSSR count). The summed E-state index contributed by atoms with van der Waals surface area (Å²) in [7, 11) is 1.57. The van der Waals surface area contributed by atoms with Crippen LogP contribution in [0.4, 0.5) is 0 Å². The zero-order valence-corrected chi connectivity index (χ0v) is 12.3. The Morgan fingerprint density at radius 3 is 2.33 bits per heavy atom. The molecule has 0 unspecified atom stereocenters. The molecule has 2 aromatic carbocycles. The molecule has 0 fully saturated rings. The SMILES string of the molecule is CCc1ccc(OCc2ccc(C(=N)N)c(OC)c2)cc1. The highest BCUT2D eigenvalue weighted by Crippen LogP contribution is 2.21. The molecule has 0 saturated carbocycles. The molecular formula is C17H20N2O2. The van der Waals surface area contributed by atoms with Gasteiger partial charge in [-0.2, -0.15) is 0 Å². The van der Waals surface area contributed by atoms with Crippen molar-refractivity contribution in [3.8, 4) is 11.5 Å². The van der Waals surface area contributed by atoms with Crippen LogP contribution in [-0.4, -0.2) is 12.9 Å². The van der Waals surface area contributed by atoms with Crippen LogP contribution >= 0.6 is 0 Å². The van der Waals surface area contributed by atoms with Crippen LogP contribution in [0.5, 0.6) is 11.5 Å². The summed E-state index contributed by atoms with van der Waals surface area (Å²) in [5.74, 6) is 1.42. The van der Waals surface area contributed by atoms with Gasteiger partial charge in [-0.3, -0.25) is 5.41 Å². The molecule has 0 aliphatic rings. The first-order valence-electron chi connectivity index (χ1n) is 6.87. The molecular weight excluding hydrogens is 264 g/mol. The lowest BCUT2D eigenvalue weighted by Crippen LogP contribution is -2.12. The fraction of sp³-hybridized carbons (Fsp3) is 0.235. The van der Waals surface area contributed by atoms with Crippen molar-refractivity contribution >= 4 is 5.84 Å². The number of nitrogen functional groups attached to an aromatic ring is 1. The molecule has 0 aromatic heterocycles. The molecule has 0 aliphatic carbocycles. The molecule has 2 aromatic rings. The van der Waals surface area contributed by atoms with Gasteiger partial charge in [-0.05, 0) is 41.8 Å². The number of nitrogens with one attached hydrogen (secondary N) is 1. The predicted molar refractivity (Wildman–Crippen MR) is 84.2 cm³/mol.